The van der Waals surface area contributed by atoms with Gasteiger partial charge in [-0.3, -0.25) is 9.69 Å². The molecule has 1 amide bonds. The smallest absolute Gasteiger partial charge is 0.252 e. The first kappa shape index (κ1) is 21.0. The van der Waals surface area contributed by atoms with E-state index < -0.39 is 0 Å². The van der Waals surface area contributed by atoms with E-state index in [9.17, 15) is 4.79 Å². The Hall–Kier alpha value is -3.26. The van der Waals surface area contributed by atoms with Crippen molar-refractivity contribution in [3.63, 3.8) is 0 Å². The van der Waals surface area contributed by atoms with E-state index in [0.29, 0.717) is 24.9 Å². The van der Waals surface area contributed by atoms with E-state index in [2.05, 4.69) is 37.4 Å². The number of rotatable bonds is 6. The molecule has 3 aromatic rings. The summed E-state index contributed by atoms with van der Waals surface area (Å²) in [4.78, 5) is 23.9. The van der Waals surface area contributed by atoms with Gasteiger partial charge in [0.25, 0.3) is 5.95 Å². The minimum atomic E-state index is -0.0880. The van der Waals surface area contributed by atoms with Crippen LogP contribution >= 0.6 is 0 Å². The van der Waals surface area contributed by atoms with Gasteiger partial charge in [-0.2, -0.15) is 9.78 Å². The first-order valence-corrected chi connectivity index (χ1v) is 10.6. The summed E-state index contributed by atoms with van der Waals surface area (Å²) in [5.41, 5.74) is 5.03. The van der Waals surface area contributed by atoms with Crippen LogP contribution in [0.25, 0.3) is 5.95 Å². The lowest BCUT2D eigenvalue weighted by molar-refractivity contribution is -0.117. The molecule has 0 atom stereocenters. The first-order valence-electron chi connectivity index (χ1n) is 10.6. The lowest BCUT2D eigenvalue weighted by atomic mass is 9.99. The number of nitrogens with zero attached hydrogens (tertiary/aromatic N) is 5. The fourth-order valence-electron chi connectivity index (χ4n) is 3.91. The van der Waals surface area contributed by atoms with Crippen molar-refractivity contribution in [1.29, 1.82) is 0 Å². The molecule has 2 aromatic heterocycles. The maximum Gasteiger partial charge on any atom is 0.252 e. The Labute approximate surface area is 182 Å². The van der Waals surface area contributed by atoms with E-state index in [1.165, 1.54) is 11.1 Å². The van der Waals surface area contributed by atoms with Crippen molar-refractivity contribution in [1.82, 2.24) is 24.6 Å². The molecular weight excluding hydrogens is 392 g/mol. The van der Waals surface area contributed by atoms with Crippen LogP contribution in [0.15, 0.2) is 30.3 Å². The van der Waals surface area contributed by atoms with Gasteiger partial charge >= 0.3 is 0 Å². The van der Waals surface area contributed by atoms with Crippen LogP contribution in [-0.4, -0.2) is 50.3 Å². The number of fused-ring (bicyclic) bond motifs is 1. The lowest BCUT2D eigenvalue weighted by Gasteiger charge is -2.28. The number of aromatic nitrogens is 4. The Morgan fingerprint density at radius 2 is 1.84 bits per heavy atom. The van der Waals surface area contributed by atoms with Crippen LogP contribution in [0.3, 0.4) is 0 Å². The number of benzene rings is 1. The molecule has 0 bridgehead atoms. The Morgan fingerprint density at radius 1 is 1.06 bits per heavy atom. The summed E-state index contributed by atoms with van der Waals surface area (Å²) in [7, 11) is 0. The molecule has 0 radical (unpaired) electrons. The maximum absolute atomic E-state index is 12.8. The Kier molecular flexibility index (Phi) is 5.99. The number of hydrogen-bond acceptors (Lipinski definition) is 6. The highest BCUT2D eigenvalue weighted by Gasteiger charge is 2.20. The number of carbonyl (C=O) groups excluding carboxylic acids is 1. The quantitative estimate of drug-likeness (QED) is 0.660. The molecule has 0 fully saturated rings. The molecule has 162 valence electrons. The van der Waals surface area contributed by atoms with Crippen molar-refractivity contribution < 1.29 is 9.53 Å². The van der Waals surface area contributed by atoms with Gasteiger partial charge in [-0.1, -0.05) is 6.07 Å². The molecule has 4 rings (SSSR count). The molecule has 0 spiro atoms. The second-order valence-electron chi connectivity index (χ2n) is 7.91. The second-order valence-corrected chi connectivity index (χ2v) is 7.91. The second kappa shape index (κ2) is 8.85. The number of anilines is 1. The highest BCUT2D eigenvalue weighted by molar-refractivity contribution is 5.91. The van der Waals surface area contributed by atoms with Crippen LogP contribution in [0.1, 0.15) is 35.1 Å². The molecule has 0 aliphatic carbocycles. The van der Waals surface area contributed by atoms with Gasteiger partial charge in [-0.15, -0.1) is 0 Å². The number of ether oxygens (including phenoxy) is 1. The standard InChI is InChI=1S/C23H28N6O2/c1-5-31-20-7-6-18-8-9-28(13-19(18)12-20)14-22(30)26-21-11-17(4)27-29(21)23-24-15(2)10-16(3)25-23/h6-7,10-12H,5,8-9,13-14H2,1-4H3,(H,26,30). The number of aryl methyl sites for hydroxylation is 3. The zero-order valence-electron chi connectivity index (χ0n) is 18.5. The lowest BCUT2D eigenvalue weighted by Crippen LogP contribution is -2.37. The zero-order chi connectivity index (χ0) is 22.0. The molecular formula is C23H28N6O2. The monoisotopic (exact) mass is 420 g/mol. The molecule has 8 heteroatoms. The van der Waals surface area contributed by atoms with E-state index in [0.717, 1.165) is 42.3 Å². The topological polar surface area (TPSA) is 85.2 Å². The highest BCUT2D eigenvalue weighted by Crippen LogP contribution is 2.24. The van der Waals surface area contributed by atoms with E-state index in [4.69, 9.17) is 4.74 Å². The van der Waals surface area contributed by atoms with Crippen LogP contribution in [0.2, 0.25) is 0 Å². The van der Waals surface area contributed by atoms with Crippen molar-refractivity contribution in [2.24, 2.45) is 0 Å². The van der Waals surface area contributed by atoms with Crippen molar-refractivity contribution in [3.05, 3.63) is 58.5 Å². The van der Waals surface area contributed by atoms with Crippen molar-refractivity contribution in [3.8, 4) is 11.7 Å². The van der Waals surface area contributed by atoms with Gasteiger partial charge in [0.05, 0.1) is 18.8 Å². The van der Waals surface area contributed by atoms with E-state index in [1.54, 1.807) is 4.68 Å². The molecule has 1 aliphatic heterocycles. The average molecular weight is 421 g/mol. The molecule has 1 aliphatic rings. The predicted octanol–water partition coefficient (Wildman–Crippen LogP) is 2.98. The predicted molar refractivity (Wildman–Crippen MR) is 119 cm³/mol. The zero-order valence-corrected chi connectivity index (χ0v) is 18.5. The summed E-state index contributed by atoms with van der Waals surface area (Å²) in [6.45, 7) is 10.2. The van der Waals surface area contributed by atoms with E-state index in [-0.39, 0.29) is 5.91 Å². The third kappa shape index (κ3) is 4.91. The number of amides is 1. The molecule has 1 N–H and O–H groups in total. The molecule has 3 heterocycles. The van der Waals surface area contributed by atoms with Crippen LogP contribution in [0.4, 0.5) is 5.82 Å². The molecule has 8 nitrogen and oxygen atoms in total. The Morgan fingerprint density at radius 3 is 2.58 bits per heavy atom. The summed E-state index contributed by atoms with van der Waals surface area (Å²) in [5.74, 6) is 1.81. The van der Waals surface area contributed by atoms with Gasteiger partial charge in [0.15, 0.2) is 0 Å². The fourth-order valence-corrected chi connectivity index (χ4v) is 3.91. The Bertz CT molecular complexity index is 1090. The molecule has 0 saturated carbocycles. The van der Waals surface area contributed by atoms with Crippen molar-refractivity contribution >= 4 is 11.7 Å². The van der Waals surface area contributed by atoms with Gasteiger partial charge in [-0.25, -0.2) is 9.97 Å². The van der Waals surface area contributed by atoms with Crippen LogP contribution < -0.4 is 10.1 Å². The first-order chi connectivity index (χ1) is 14.9. The normalized spacial score (nSPS) is 13.7. The molecule has 0 unspecified atom stereocenters. The average Bonchev–Trinajstić information content (AvgIpc) is 3.07. The molecule has 0 saturated heterocycles. The summed E-state index contributed by atoms with van der Waals surface area (Å²) < 4.78 is 7.21. The van der Waals surface area contributed by atoms with Gasteiger partial charge < -0.3 is 10.1 Å². The number of carbonyl (C=O) groups is 1. The van der Waals surface area contributed by atoms with Crippen LogP contribution in [-0.2, 0) is 17.8 Å². The summed E-state index contributed by atoms with van der Waals surface area (Å²) >= 11 is 0. The van der Waals surface area contributed by atoms with Crippen molar-refractivity contribution in [2.45, 2.75) is 40.7 Å². The minimum absolute atomic E-state index is 0.0880. The van der Waals surface area contributed by atoms with E-state index >= 15 is 0 Å². The van der Waals surface area contributed by atoms with Crippen LogP contribution in [0.5, 0.6) is 5.75 Å². The molecule has 1 aromatic carbocycles. The van der Waals surface area contributed by atoms with Gasteiger partial charge in [-0.05, 0) is 63.4 Å². The van der Waals surface area contributed by atoms with Crippen LogP contribution in [0, 0.1) is 20.8 Å². The van der Waals surface area contributed by atoms with Crippen molar-refractivity contribution in [2.75, 3.05) is 25.0 Å². The van der Waals surface area contributed by atoms with E-state index in [1.807, 2.05) is 45.9 Å². The summed E-state index contributed by atoms with van der Waals surface area (Å²) in [5, 5.41) is 7.46. The van der Waals surface area contributed by atoms with Gasteiger partial charge in [0.2, 0.25) is 5.91 Å². The van der Waals surface area contributed by atoms with Gasteiger partial charge in [0.1, 0.15) is 11.6 Å². The van der Waals surface area contributed by atoms with Gasteiger partial charge in [0, 0.05) is 30.5 Å². The molecule has 31 heavy (non-hydrogen) atoms. The third-order valence-electron chi connectivity index (χ3n) is 5.21. The summed E-state index contributed by atoms with van der Waals surface area (Å²) in [6.07, 6.45) is 0.919. The number of hydrogen-bond donors (Lipinski definition) is 1. The third-order valence-corrected chi connectivity index (χ3v) is 5.21. The fraction of sp³-hybridized carbons (Fsp3) is 0.391. The minimum Gasteiger partial charge on any atom is -0.494 e. The highest BCUT2D eigenvalue weighted by atomic mass is 16.5. The Balaban J connectivity index is 1.46. The SMILES string of the molecule is CCOc1ccc2c(c1)CN(CC(=O)Nc1cc(C)nn1-c1nc(C)cc(C)n1)CC2. The summed E-state index contributed by atoms with van der Waals surface area (Å²) in [6, 6.07) is 9.97. The largest absolute Gasteiger partial charge is 0.494 e. The number of nitrogens with one attached hydrogen (secondary N) is 1. The maximum atomic E-state index is 12.8.